The van der Waals surface area contributed by atoms with E-state index in [2.05, 4.69) is 56.5 Å². The van der Waals surface area contributed by atoms with Crippen molar-refractivity contribution in [3.8, 4) is 0 Å². The highest BCUT2D eigenvalue weighted by Crippen LogP contribution is 2.09. The van der Waals surface area contributed by atoms with Crippen LogP contribution >= 0.6 is 0 Å². The Morgan fingerprint density at radius 3 is 2.69 bits per heavy atom. The molecule has 0 amide bonds. The van der Waals surface area contributed by atoms with E-state index in [1.165, 1.54) is 5.56 Å². The highest BCUT2D eigenvalue weighted by Gasteiger charge is 2.06. The van der Waals surface area contributed by atoms with E-state index in [0.29, 0.717) is 0 Å². The fraction of sp³-hybridized carbons (Fsp3) is 0.615. The molecule has 1 aromatic heterocycles. The zero-order chi connectivity index (χ0) is 12.2. The number of aromatic nitrogens is 2. The van der Waals surface area contributed by atoms with Gasteiger partial charge in [0.1, 0.15) is 0 Å². The molecule has 0 saturated carbocycles. The van der Waals surface area contributed by atoms with Gasteiger partial charge < -0.3 is 5.32 Å². The van der Waals surface area contributed by atoms with E-state index in [4.69, 9.17) is 0 Å². The Morgan fingerprint density at radius 1 is 1.44 bits per heavy atom. The van der Waals surface area contributed by atoms with Crippen molar-refractivity contribution in [2.45, 2.75) is 39.7 Å². The fourth-order valence-corrected chi connectivity index (χ4v) is 1.52. The minimum atomic E-state index is 0.173. The summed E-state index contributed by atoms with van der Waals surface area (Å²) in [4.78, 5) is 0. The van der Waals surface area contributed by atoms with Crippen LogP contribution in [0.15, 0.2) is 12.3 Å². The number of hydrogen-bond donors (Lipinski definition) is 1. The summed E-state index contributed by atoms with van der Waals surface area (Å²) in [6.07, 6.45) is 7.34. The van der Waals surface area contributed by atoms with E-state index in [9.17, 15) is 0 Å². The van der Waals surface area contributed by atoms with Crippen LogP contribution in [0.4, 0.5) is 0 Å². The molecule has 0 aromatic carbocycles. The Balaban J connectivity index is 2.55. The van der Waals surface area contributed by atoms with Crippen molar-refractivity contribution in [3.05, 3.63) is 23.5 Å². The van der Waals surface area contributed by atoms with Gasteiger partial charge in [0.2, 0.25) is 0 Å². The third-order valence-electron chi connectivity index (χ3n) is 2.32. The number of hydrogen-bond acceptors (Lipinski definition) is 2. The predicted octanol–water partition coefficient (Wildman–Crippen LogP) is 2.38. The zero-order valence-corrected chi connectivity index (χ0v) is 11.0. The molecule has 3 heteroatoms. The molecule has 0 aliphatic rings. The molecule has 0 bridgehead atoms. The monoisotopic (exact) mass is 221 g/mol. The van der Waals surface area contributed by atoms with E-state index in [1.54, 1.807) is 0 Å². The lowest BCUT2D eigenvalue weighted by Crippen LogP contribution is -2.35. The van der Waals surface area contributed by atoms with Gasteiger partial charge in [-0.3, -0.25) is 4.68 Å². The molecule has 1 rings (SSSR count). The second-order valence-corrected chi connectivity index (χ2v) is 5.09. The van der Waals surface area contributed by atoms with Gasteiger partial charge in [-0.1, -0.05) is 19.1 Å². The summed E-state index contributed by atoms with van der Waals surface area (Å²) in [6, 6.07) is 0. The molecule has 0 aliphatic heterocycles. The zero-order valence-electron chi connectivity index (χ0n) is 11.0. The van der Waals surface area contributed by atoms with Crippen molar-refractivity contribution in [3.63, 3.8) is 0 Å². The lowest BCUT2D eigenvalue weighted by molar-refractivity contribution is 0.450. The van der Waals surface area contributed by atoms with Crippen LogP contribution in [0, 0.1) is 0 Å². The maximum absolute atomic E-state index is 4.40. The summed E-state index contributed by atoms with van der Waals surface area (Å²) in [5, 5.41) is 7.82. The highest BCUT2D eigenvalue weighted by atomic mass is 15.2. The van der Waals surface area contributed by atoms with E-state index >= 15 is 0 Å². The molecule has 1 aromatic rings. The molecular weight excluding hydrogens is 198 g/mol. The van der Waals surface area contributed by atoms with Crippen molar-refractivity contribution in [1.29, 1.82) is 0 Å². The first-order valence-corrected chi connectivity index (χ1v) is 5.86. The van der Waals surface area contributed by atoms with Crippen molar-refractivity contribution < 1.29 is 0 Å². The van der Waals surface area contributed by atoms with Gasteiger partial charge >= 0.3 is 0 Å². The molecule has 0 fully saturated rings. The molecule has 0 atom stereocenters. The molecule has 1 N–H and O–H groups in total. The standard InChI is InChI=1S/C13H23N3/c1-6-12-11(10-16(5)15-12)8-7-9-14-13(2,3)4/h7-8,10,14H,6,9H2,1-5H3/b8-7+. The minimum Gasteiger partial charge on any atom is -0.309 e. The summed E-state index contributed by atoms with van der Waals surface area (Å²) >= 11 is 0. The Kier molecular flexibility index (Phi) is 4.30. The van der Waals surface area contributed by atoms with E-state index in [-0.39, 0.29) is 5.54 Å². The molecule has 16 heavy (non-hydrogen) atoms. The third kappa shape index (κ3) is 4.19. The van der Waals surface area contributed by atoms with Crippen molar-refractivity contribution in [1.82, 2.24) is 15.1 Å². The molecule has 0 unspecified atom stereocenters. The van der Waals surface area contributed by atoms with Crippen LogP contribution < -0.4 is 5.32 Å². The largest absolute Gasteiger partial charge is 0.309 e. The third-order valence-corrected chi connectivity index (χ3v) is 2.32. The van der Waals surface area contributed by atoms with Gasteiger partial charge in [-0.05, 0) is 27.2 Å². The van der Waals surface area contributed by atoms with Crippen LogP contribution in [0.3, 0.4) is 0 Å². The summed E-state index contributed by atoms with van der Waals surface area (Å²) in [6.45, 7) is 9.53. The molecule has 3 nitrogen and oxygen atoms in total. The Bertz CT molecular complexity index is 356. The molecule has 90 valence electrons. The summed E-state index contributed by atoms with van der Waals surface area (Å²) < 4.78 is 1.87. The van der Waals surface area contributed by atoms with Gasteiger partial charge in [0.05, 0.1) is 5.69 Å². The van der Waals surface area contributed by atoms with Crippen LogP contribution in [0.5, 0.6) is 0 Å². The van der Waals surface area contributed by atoms with Gasteiger partial charge in [0, 0.05) is 30.9 Å². The van der Waals surface area contributed by atoms with Crippen molar-refractivity contribution >= 4 is 6.08 Å². The Morgan fingerprint density at radius 2 is 2.12 bits per heavy atom. The van der Waals surface area contributed by atoms with Crippen molar-refractivity contribution in [2.24, 2.45) is 7.05 Å². The first-order valence-electron chi connectivity index (χ1n) is 5.86. The maximum atomic E-state index is 4.40. The van der Waals surface area contributed by atoms with Gasteiger partial charge in [-0.15, -0.1) is 0 Å². The average molecular weight is 221 g/mol. The normalized spacial score (nSPS) is 12.6. The van der Waals surface area contributed by atoms with E-state index < -0.39 is 0 Å². The van der Waals surface area contributed by atoms with Gasteiger partial charge in [-0.25, -0.2) is 0 Å². The smallest absolute Gasteiger partial charge is 0.0693 e. The van der Waals surface area contributed by atoms with Crippen LogP contribution in [0.1, 0.15) is 39.0 Å². The SMILES string of the molecule is CCc1nn(C)cc1/C=C/CNC(C)(C)C. The molecule has 0 saturated heterocycles. The first kappa shape index (κ1) is 13.0. The van der Waals surface area contributed by atoms with Crippen molar-refractivity contribution in [2.75, 3.05) is 6.54 Å². The average Bonchev–Trinajstić information content (AvgIpc) is 2.52. The topological polar surface area (TPSA) is 29.9 Å². The van der Waals surface area contributed by atoms with Crippen LogP contribution in [-0.4, -0.2) is 21.9 Å². The lowest BCUT2D eigenvalue weighted by Gasteiger charge is -2.18. The molecule has 1 heterocycles. The van der Waals surface area contributed by atoms with Crippen LogP contribution in [-0.2, 0) is 13.5 Å². The number of nitrogens with zero attached hydrogens (tertiary/aromatic N) is 2. The van der Waals surface area contributed by atoms with Gasteiger partial charge in [-0.2, -0.15) is 5.10 Å². The van der Waals surface area contributed by atoms with Crippen LogP contribution in [0.2, 0.25) is 0 Å². The Hall–Kier alpha value is -1.09. The number of nitrogens with one attached hydrogen (secondary N) is 1. The lowest BCUT2D eigenvalue weighted by atomic mass is 10.1. The first-order chi connectivity index (χ1) is 7.42. The van der Waals surface area contributed by atoms with Gasteiger partial charge in [0.15, 0.2) is 0 Å². The van der Waals surface area contributed by atoms with E-state index in [0.717, 1.165) is 18.7 Å². The summed E-state index contributed by atoms with van der Waals surface area (Å²) in [7, 11) is 1.96. The molecule has 0 spiro atoms. The fourth-order valence-electron chi connectivity index (χ4n) is 1.52. The predicted molar refractivity (Wildman–Crippen MR) is 69.4 cm³/mol. The second-order valence-electron chi connectivity index (χ2n) is 5.09. The quantitative estimate of drug-likeness (QED) is 0.846. The highest BCUT2D eigenvalue weighted by molar-refractivity contribution is 5.51. The number of aryl methyl sites for hydroxylation is 2. The van der Waals surface area contributed by atoms with E-state index in [1.807, 2.05) is 11.7 Å². The summed E-state index contributed by atoms with van der Waals surface area (Å²) in [5.74, 6) is 0. The molecule has 0 aliphatic carbocycles. The molecule has 0 radical (unpaired) electrons. The number of rotatable bonds is 4. The summed E-state index contributed by atoms with van der Waals surface area (Å²) in [5.41, 5.74) is 2.56. The Labute approximate surface area is 98.5 Å². The van der Waals surface area contributed by atoms with Crippen LogP contribution in [0.25, 0.3) is 6.08 Å². The van der Waals surface area contributed by atoms with Gasteiger partial charge in [0.25, 0.3) is 0 Å². The molecular formula is C13H23N3. The minimum absolute atomic E-state index is 0.173. The maximum Gasteiger partial charge on any atom is 0.0693 e. The second kappa shape index (κ2) is 5.30.